The van der Waals surface area contributed by atoms with Crippen molar-refractivity contribution in [2.45, 2.75) is 71.6 Å². The third-order valence-electron chi connectivity index (χ3n) is 2.97. The highest BCUT2D eigenvalue weighted by molar-refractivity contribution is 5.69. The van der Waals surface area contributed by atoms with Crippen LogP contribution in [0.15, 0.2) is 12.2 Å². The molecule has 0 aromatic rings. The van der Waals surface area contributed by atoms with Crippen molar-refractivity contribution in [1.29, 1.82) is 0 Å². The van der Waals surface area contributed by atoms with Crippen LogP contribution in [0.5, 0.6) is 0 Å². The summed E-state index contributed by atoms with van der Waals surface area (Å²) < 4.78 is 5.48. The van der Waals surface area contributed by atoms with Crippen LogP contribution in [0, 0.1) is 0 Å². The molecule has 1 amide bonds. The number of rotatable bonds is 1. The number of carbonyl (C=O) groups is 1. The minimum absolute atomic E-state index is 0.187. The molecule has 1 aliphatic rings. The minimum atomic E-state index is -0.422. The Labute approximate surface area is 105 Å². The van der Waals surface area contributed by atoms with Gasteiger partial charge in [0.05, 0.1) is 6.04 Å². The quantitative estimate of drug-likeness (QED) is 0.652. The molecule has 0 aliphatic carbocycles. The normalized spacial score (nSPS) is 26.3. The van der Waals surface area contributed by atoms with Gasteiger partial charge in [0.25, 0.3) is 0 Å². The Morgan fingerprint density at radius 3 is 2.53 bits per heavy atom. The van der Waals surface area contributed by atoms with Crippen LogP contribution in [-0.2, 0) is 4.74 Å². The first-order chi connectivity index (χ1) is 7.85. The second kappa shape index (κ2) is 5.56. The molecule has 0 bridgehead atoms. The average molecular weight is 239 g/mol. The van der Waals surface area contributed by atoms with E-state index in [1.54, 1.807) is 0 Å². The van der Waals surface area contributed by atoms with E-state index in [1.165, 1.54) is 6.42 Å². The largest absolute Gasteiger partial charge is 0.444 e. The highest BCUT2D eigenvalue weighted by atomic mass is 16.6. The summed E-state index contributed by atoms with van der Waals surface area (Å²) in [5.74, 6) is 0. The molecule has 0 saturated carbocycles. The van der Waals surface area contributed by atoms with Crippen molar-refractivity contribution in [3.8, 4) is 0 Å². The molecule has 0 N–H and O–H groups in total. The maximum Gasteiger partial charge on any atom is 0.411 e. The summed E-state index contributed by atoms with van der Waals surface area (Å²) in [5, 5.41) is 0. The second-order valence-electron chi connectivity index (χ2n) is 5.76. The first-order valence-electron chi connectivity index (χ1n) is 6.49. The number of piperidine rings is 1. The predicted molar refractivity (Wildman–Crippen MR) is 70.0 cm³/mol. The van der Waals surface area contributed by atoms with E-state index in [2.05, 4.69) is 13.0 Å². The lowest BCUT2D eigenvalue weighted by Crippen LogP contribution is -2.49. The standard InChI is InChI=1S/C14H25NO2/c1-6-8-12-10-7-9-11(2)15(12)13(16)17-14(3,4)5/h6,8,11-12H,7,9-10H2,1-5H3/t11-,12-/m1/s1. The maximum atomic E-state index is 12.2. The molecule has 1 rings (SSSR count). The summed E-state index contributed by atoms with van der Waals surface area (Å²) in [6.45, 7) is 9.81. The van der Waals surface area contributed by atoms with Gasteiger partial charge in [0, 0.05) is 6.04 Å². The molecule has 3 nitrogen and oxygen atoms in total. The smallest absolute Gasteiger partial charge is 0.411 e. The van der Waals surface area contributed by atoms with Gasteiger partial charge < -0.3 is 4.74 Å². The zero-order valence-electron chi connectivity index (χ0n) is 11.7. The van der Waals surface area contributed by atoms with Crippen molar-refractivity contribution < 1.29 is 9.53 Å². The van der Waals surface area contributed by atoms with Gasteiger partial charge in [0.15, 0.2) is 0 Å². The van der Waals surface area contributed by atoms with E-state index in [1.807, 2.05) is 38.7 Å². The summed E-state index contributed by atoms with van der Waals surface area (Å²) >= 11 is 0. The van der Waals surface area contributed by atoms with Gasteiger partial charge in [-0.05, 0) is 53.9 Å². The number of hydrogen-bond acceptors (Lipinski definition) is 2. The fourth-order valence-electron chi connectivity index (χ4n) is 2.27. The maximum absolute atomic E-state index is 12.2. The average Bonchev–Trinajstić information content (AvgIpc) is 2.15. The van der Waals surface area contributed by atoms with E-state index < -0.39 is 5.60 Å². The molecule has 2 atom stereocenters. The molecule has 0 radical (unpaired) electrons. The third kappa shape index (κ3) is 4.06. The van der Waals surface area contributed by atoms with Crippen LogP contribution in [-0.4, -0.2) is 28.7 Å². The molecule has 0 unspecified atom stereocenters. The van der Waals surface area contributed by atoms with Gasteiger partial charge in [-0.15, -0.1) is 0 Å². The summed E-state index contributed by atoms with van der Waals surface area (Å²) in [6, 6.07) is 0.457. The van der Waals surface area contributed by atoms with Gasteiger partial charge in [-0.3, -0.25) is 4.90 Å². The van der Waals surface area contributed by atoms with Gasteiger partial charge in [-0.25, -0.2) is 4.79 Å². The number of carbonyl (C=O) groups excluding carboxylic acids is 1. The fourth-order valence-corrected chi connectivity index (χ4v) is 2.27. The van der Waals surface area contributed by atoms with Gasteiger partial charge in [-0.2, -0.15) is 0 Å². The summed E-state index contributed by atoms with van der Waals surface area (Å²) in [7, 11) is 0. The Balaban J connectivity index is 2.78. The molecule has 1 aliphatic heterocycles. The minimum Gasteiger partial charge on any atom is -0.444 e. The molecule has 0 spiro atoms. The molecule has 0 aromatic heterocycles. The van der Waals surface area contributed by atoms with Crippen molar-refractivity contribution in [3.63, 3.8) is 0 Å². The monoisotopic (exact) mass is 239 g/mol. The zero-order valence-corrected chi connectivity index (χ0v) is 11.7. The predicted octanol–water partition coefficient (Wildman–Crippen LogP) is 3.74. The van der Waals surface area contributed by atoms with Crippen LogP contribution >= 0.6 is 0 Å². The van der Waals surface area contributed by atoms with Crippen molar-refractivity contribution in [3.05, 3.63) is 12.2 Å². The van der Waals surface area contributed by atoms with Crippen molar-refractivity contribution in [2.24, 2.45) is 0 Å². The van der Waals surface area contributed by atoms with Crippen LogP contribution in [0.25, 0.3) is 0 Å². The molecule has 0 aromatic carbocycles. The van der Waals surface area contributed by atoms with Gasteiger partial charge >= 0.3 is 6.09 Å². The highest BCUT2D eigenvalue weighted by Gasteiger charge is 2.33. The van der Waals surface area contributed by atoms with E-state index >= 15 is 0 Å². The van der Waals surface area contributed by atoms with Crippen molar-refractivity contribution >= 4 is 6.09 Å². The number of likely N-dealkylation sites (tertiary alicyclic amines) is 1. The Morgan fingerprint density at radius 1 is 1.35 bits per heavy atom. The fraction of sp³-hybridized carbons (Fsp3) is 0.786. The molecule has 1 heterocycles. The molecule has 1 saturated heterocycles. The van der Waals surface area contributed by atoms with E-state index in [-0.39, 0.29) is 18.2 Å². The lowest BCUT2D eigenvalue weighted by atomic mass is 9.96. The number of nitrogens with zero attached hydrogens (tertiary/aromatic N) is 1. The summed E-state index contributed by atoms with van der Waals surface area (Å²) in [6.07, 6.45) is 7.20. The zero-order chi connectivity index (χ0) is 13.1. The van der Waals surface area contributed by atoms with Gasteiger partial charge in [-0.1, -0.05) is 12.2 Å². The van der Waals surface area contributed by atoms with Crippen LogP contribution in [0.3, 0.4) is 0 Å². The molecular formula is C14H25NO2. The SMILES string of the molecule is CC=C[C@@H]1CCC[C@@H](C)N1C(=O)OC(C)(C)C. The van der Waals surface area contributed by atoms with E-state index in [0.717, 1.165) is 12.8 Å². The summed E-state index contributed by atoms with van der Waals surface area (Å²) in [4.78, 5) is 14.1. The number of amides is 1. The Kier molecular flexibility index (Phi) is 4.61. The van der Waals surface area contributed by atoms with Crippen LogP contribution in [0.4, 0.5) is 4.79 Å². The van der Waals surface area contributed by atoms with E-state index in [0.29, 0.717) is 0 Å². The molecule has 17 heavy (non-hydrogen) atoms. The lowest BCUT2D eigenvalue weighted by Gasteiger charge is -2.39. The molecular weight excluding hydrogens is 214 g/mol. The van der Waals surface area contributed by atoms with E-state index in [4.69, 9.17) is 4.74 Å². The van der Waals surface area contributed by atoms with Crippen LogP contribution in [0.2, 0.25) is 0 Å². The van der Waals surface area contributed by atoms with E-state index in [9.17, 15) is 4.79 Å². The van der Waals surface area contributed by atoms with Crippen LogP contribution in [0.1, 0.15) is 53.9 Å². The third-order valence-corrected chi connectivity index (χ3v) is 2.97. The first kappa shape index (κ1) is 14.1. The number of ether oxygens (including phenoxy) is 1. The molecule has 98 valence electrons. The Bertz CT molecular complexity index is 291. The second-order valence-corrected chi connectivity index (χ2v) is 5.76. The first-order valence-corrected chi connectivity index (χ1v) is 6.49. The van der Waals surface area contributed by atoms with Crippen molar-refractivity contribution in [2.75, 3.05) is 0 Å². The lowest BCUT2D eigenvalue weighted by molar-refractivity contribution is 0.00360. The van der Waals surface area contributed by atoms with Crippen molar-refractivity contribution in [1.82, 2.24) is 4.90 Å². The Morgan fingerprint density at radius 2 is 2.00 bits per heavy atom. The topological polar surface area (TPSA) is 29.5 Å². The number of hydrogen-bond donors (Lipinski definition) is 0. The molecule has 3 heteroatoms. The Hall–Kier alpha value is -0.990. The van der Waals surface area contributed by atoms with Crippen LogP contribution < -0.4 is 0 Å². The van der Waals surface area contributed by atoms with Gasteiger partial charge in [0.1, 0.15) is 5.60 Å². The summed E-state index contributed by atoms with van der Waals surface area (Å²) in [5.41, 5.74) is -0.422. The number of allylic oxidation sites excluding steroid dienone is 1. The molecule has 1 fully saturated rings. The van der Waals surface area contributed by atoms with Gasteiger partial charge in [0.2, 0.25) is 0 Å². The highest BCUT2D eigenvalue weighted by Crippen LogP contribution is 2.25.